The molecule has 2 aromatic carbocycles. The van der Waals surface area contributed by atoms with E-state index in [1.54, 1.807) is 38.1 Å². The maximum Gasteiger partial charge on any atom is 0.293 e. The van der Waals surface area contributed by atoms with E-state index in [0.29, 0.717) is 11.4 Å². The van der Waals surface area contributed by atoms with Gasteiger partial charge in [0.15, 0.2) is 0 Å². The molecule has 10 nitrogen and oxygen atoms in total. The first-order valence-corrected chi connectivity index (χ1v) is 10.5. The van der Waals surface area contributed by atoms with Gasteiger partial charge in [0.1, 0.15) is 11.4 Å². The van der Waals surface area contributed by atoms with Crippen LogP contribution in [0.3, 0.4) is 0 Å². The van der Waals surface area contributed by atoms with E-state index in [4.69, 9.17) is 4.74 Å². The molecule has 0 aliphatic heterocycles. The zero-order chi connectivity index (χ0) is 22.5. The highest BCUT2D eigenvalue weighted by Gasteiger charge is 2.24. The summed E-state index contributed by atoms with van der Waals surface area (Å²) in [4.78, 5) is 24.4. The van der Waals surface area contributed by atoms with Crippen LogP contribution < -0.4 is 19.7 Å². The molecule has 0 aliphatic rings. The molecule has 0 fully saturated rings. The number of nitro groups is 1. The summed E-state index contributed by atoms with van der Waals surface area (Å²) < 4.78 is 32.1. The van der Waals surface area contributed by atoms with Gasteiger partial charge in [-0.1, -0.05) is 6.07 Å². The summed E-state index contributed by atoms with van der Waals surface area (Å²) in [5.74, 6) is 0.168. The molecule has 1 amide bonds. The minimum atomic E-state index is -3.89. The van der Waals surface area contributed by atoms with Gasteiger partial charge in [0.2, 0.25) is 15.9 Å². The lowest BCUT2D eigenvalue weighted by Crippen LogP contribution is -2.31. The Morgan fingerprint density at radius 3 is 2.53 bits per heavy atom. The number of benzene rings is 2. The number of ether oxygens (including phenoxy) is 1. The Hall–Kier alpha value is -3.18. The van der Waals surface area contributed by atoms with Gasteiger partial charge in [-0.15, -0.1) is 0 Å². The quantitative estimate of drug-likeness (QED) is 0.456. The summed E-state index contributed by atoms with van der Waals surface area (Å²) in [5.41, 5.74) is 0.214. The van der Waals surface area contributed by atoms with Crippen LogP contribution in [0.1, 0.15) is 13.8 Å². The largest absolute Gasteiger partial charge is 0.497 e. The number of hydrogen-bond donors (Lipinski definition) is 2. The summed E-state index contributed by atoms with van der Waals surface area (Å²) in [6.07, 6.45) is 0. The number of amides is 1. The zero-order valence-corrected chi connectivity index (χ0v) is 17.9. The Kier molecular flexibility index (Phi) is 7.35. The summed E-state index contributed by atoms with van der Waals surface area (Å²) in [7, 11) is -0.876. The smallest absolute Gasteiger partial charge is 0.293 e. The number of carbonyl (C=O) groups is 1. The van der Waals surface area contributed by atoms with Crippen molar-refractivity contribution in [2.75, 3.05) is 30.9 Å². The van der Waals surface area contributed by atoms with Crippen LogP contribution in [0.2, 0.25) is 0 Å². The van der Waals surface area contributed by atoms with Crippen molar-refractivity contribution in [3.05, 3.63) is 52.6 Å². The van der Waals surface area contributed by atoms with Crippen molar-refractivity contribution in [1.82, 2.24) is 4.72 Å². The number of methoxy groups -OCH3 is 1. The number of carbonyl (C=O) groups excluding carboxylic acids is 1. The Morgan fingerprint density at radius 2 is 1.93 bits per heavy atom. The number of sulfonamides is 1. The zero-order valence-electron chi connectivity index (χ0n) is 17.1. The Bertz CT molecular complexity index is 1040. The SMILES string of the molecule is COc1cccc(NC(=O)CN(C)c2ccc(S(=O)(=O)NC(C)C)cc2[N+](=O)[O-])c1. The number of rotatable bonds is 9. The van der Waals surface area contributed by atoms with E-state index in [1.807, 2.05) is 0 Å². The lowest BCUT2D eigenvalue weighted by atomic mass is 10.2. The standard InChI is InChI=1S/C19H24N4O6S/c1-13(2)21-30(27,28)16-8-9-17(18(11-16)23(25)26)22(3)12-19(24)20-14-6-5-7-15(10-14)29-4/h5-11,13,21H,12H2,1-4H3,(H,20,24). The van der Waals surface area contributed by atoms with Crippen molar-refractivity contribution >= 4 is 33.0 Å². The molecule has 0 unspecified atom stereocenters. The van der Waals surface area contributed by atoms with Crippen molar-refractivity contribution < 1.29 is 22.9 Å². The van der Waals surface area contributed by atoms with Gasteiger partial charge in [0, 0.05) is 30.9 Å². The van der Waals surface area contributed by atoms with E-state index in [0.717, 1.165) is 6.07 Å². The van der Waals surface area contributed by atoms with Gasteiger partial charge >= 0.3 is 0 Å². The molecule has 0 aromatic heterocycles. The fourth-order valence-corrected chi connectivity index (χ4v) is 3.99. The lowest BCUT2D eigenvalue weighted by Gasteiger charge is -2.19. The second-order valence-electron chi connectivity index (χ2n) is 6.82. The second kappa shape index (κ2) is 9.55. The van der Waals surface area contributed by atoms with Gasteiger partial charge in [-0.05, 0) is 38.1 Å². The average molecular weight is 436 g/mol. The molecular weight excluding hydrogens is 412 g/mol. The lowest BCUT2D eigenvalue weighted by molar-refractivity contribution is -0.384. The number of nitrogens with one attached hydrogen (secondary N) is 2. The third kappa shape index (κ3) is 5.91. The predicted octanol–water partition coefficient (Wildman–Crippen LogP) is 2.37. The fraction of sp³-hybridized carbons (Fsp3) is 0.316. The van der Waals surface area contributed by atoms with Crippen molar-refractivity contribution in [2.24, 2.45) is 0 Å². The molecule has 0 radical (unpaired) electrons. The first-order valence-electron chi connectivity index (χ1n) is 8.99. The maximum atomic E-state index is 12.4. The third-order valence-electron chi connectivity index (χ3n) is 3.99. The molecule has 0 saturated carbocycles. The summed E-state index contributed by atoms with van der Waals surface area (Å²) in [6, 6.07) is 9.97. The van der Waals surface area contributed by atoms with Crippen molar-refractivity contribution in [1.29, 1.82) is 0 Å². The van der Waals surface area contributed by atoms with Crippen LogP contribution in [0.5, 0.6) is 5.75 Å². The highest BCUT2D eigenvalue weighted by atomic mass is 32.2. The third-order valence-corrected chi connectivity index (χ3v) is 5.65. The van der Waals surface area contributed by atoms with E-state index in [-0.39, 0.29) is 23.2 Å². The van der Waals surface area contributed by atoms with Gasteiger partial charge in [-0.25, -0.2) is 13.1 Å². The van der Waals surface area contributed by atoms with Gasteiger partial charge < -0.3 is 15.0 Å². The molecule has 2 aromatic rings. The molecule has 0 atom stereocenters. The van der Waals surface area contributed by atoms with Crippen LogP contribution in [0.4, 0.5) is 17.1 Å². The van der Waals surface area contributed by atoms with E-state index in [2.05, 4.69) is 10.0 Å². The number of likely N-dealkylation sites (N-methyl/N-ethyl adjacent to an activating group) is 1. The Balaban J connectivity index is 2.22. The summed E-state index contributed by atoms with van der Waals surface area (Å²) in [6.45, 7) is 3.11. The molecule has 0 aliphatic carbocycles. The van der Waals surface area contributed by atoms with E-state index in [1.165, 1.54) is 31.2 Å². The first-order chi connectivity index (χ1) is 14.0. The molecule has 0 spiro atoms. The molecule has 2 N–H and O–H groups in total. The van der Waals surface area contributed by atoms with Gasteiger partial charge in [0.25, 0.3) is 5.69 Å². The van der Waals surface area contributed by atoms with Crippen LogP contribution in [0.25, 0.3) is 0 Å². The molecule has 2 rings (SSSR count). The maximum absolute atomic E-state index is 12.4. The topological polar surface area (TPSA) is 131 Å². The number of anilines is 2. The van der Waals surface area contributed by atoms with Crippen LogP contribution in [0.15, 0.2) is 47.4 Å². The minimum Gasteiger partial charge on any atom is -0.497 e. The molecule has 162 valence electrons. The number of nitrogens with zero attached hydrogens (tertiary/aromatic N) is 2. The molecule has 0 saturated heterocycles. The van der Waals surface area contributed by atoms with Crippen LogP contribution in [0, 0.1) is 10.1 Å². The van der Waals surface area contributed by atoms with E-state index >= 15 is 0 Å². The monoisotopic (exact) mass is 436 g/mol. The normalized spacial score (nSPS) is 11.2. The summed E-state index contributed by atoms with van der Waals surface area (Å²) in [5, 5.41) is 14.2. The number of hydrogen-bond acceptors (Lipinski definition) is 7. The highest BCUT2D eigenvalue weighted by Crippen LogP contribution is 2.30. The van der Waals surface area contributed by atoms with Gasteiger partial charge in [0.05, 0.1) is 23.5 Å². The molecule has 0 heterocycles. The van der Waals surface area contributed by atoms with E-state index < -0.39 is 26.5 Å². The second-order valence-corrected chi connectivity index (χ2v) is 8.53. The van der Waals surface area contributed by atoms with Crippen molar-refractivity contribution in [3.63, 3.8) is 0 Å². The minimum absolute atomic E-state index is 0.115. The average Bonchev–Trinajstić information content (AvgIpc) is 2.66. The highest BCUT2D eigenvalue weighted by molar-refractivity contribution is 7.89. The fourth-order valence-electron chi connectivity index (χ4n) is 2.72. The number of nitro benzene ring substituents is 1. The van der Waals surface area contributed by atoms with Crippen LogP contribution >= 0.6 is 0 Å². The first kappa shape index (κ1) is 23.1. The summed E-state index contributed by atoms with van der Waals surface area (Å²) >= 11 is 0. The van der Waals surface area contributed by atoms with Gasteiger partial charge in [-0.2, -0.15) is 0 Å². The molecule has 30 heavy (non-hydrogen) atoms. The van der Waals surface area contributed by atoms with Crippen LogP contribution in [-0.4, -0.2) is 46.0 Å². The van der Waals surface area contributed by atoms with Crippen molar-refractivity contribution in [3.8, 4) is 5.75 Å². The molecular formula is C19H24N4O6S. The Morgan fingerprint density at radius 1 is 1.23 bits per heavy atom. The predicted molar refractivity (Wildman–Crippen MR) is 113 cm³/mol. The van der Waals surface area contributed by atoms with Gasteiger partial charge in [-0.3, -0.25) is 14.9 Å². The van der Waals surface area contributed by atoms with Crippen LogP contribution in [-0.2, 0) is 14.8 Å². The Labute approximate surface area is 175 Å². The molecule has 11 heteroatoms. The van der Waals surface area contributed by atoms with Crippen molar-refractivity contribution in [2.45, 2.75) is 24.8 Å². The molecule has 0 bridgehead atoms. The van der Waals surface area contributed by atoms with E-state index in [9.17, 15) is 23.3 Å².